The quantitative estimate of drug-likeness (QED) is 0.515. The van der Waals surface area contributed by atoms with Crippen molar-refractivity contribution in [3.05, 3.63) is 0 Å². The lowest BCUT2D eigenvalue weighted by molar-refractivity contribution is 0.0783. The van der Waals surface area contributed by atoms with E-state index in [-0.39, 0.29) is 4.75 Å². The fourth-order valence-corrected chi connectivity index (χ4v) is 3.54. The molecule has 0 aromatic carbocycles. The van der Waals surface area contributed by atoms with Gasteiger partial charge >= 0.3 is 0 Å². The molecule has 0 atom stereocenters. The first kappa shape index (κ1) is 17.2. The van der Waals surface area contributed by atoms with E-state index in [2.05, 4.69) is 11.2 Å². The van der Waals surface area contributed by atoms with Gasteiger partial charge in [0.15, 0.2) is 0 Å². The molecule has 1 aliphatic heterocycles. The Balaban J connectivity index is 2.14. The minimum absolute atomic E-state index is 0.0190. The molecule has 0 spiro atoms. The maximum absolute atomic E-state index is 5.88. The van der Waals surface area contributed by atoms with Crippen molar-refractivity contribution in [2.24, 2.45) is 5.73 Å². The predicted molar refractivity (Wildman–Crippen MR) is 86.0 cm³/mol. The van der Waals surface area contributed by atoms with Crippen molar-refractivity contribution < 1.29 is 9.47 Å². The molecule has 112 valence electrons. The van der Waals surface area contributed by atoms with Gasteiger partial charge in [0, 0.05) is 26.9 Å². The van der Waals surface area contributed by atoms with Crippen molar-refractivity contribution in [2.45, 2.75) is 24.0 Å². The van der Waals surface area contributed by atoms with Crippen LogP contribution in [0.15, 0.2) is 0 Å². The Morgan fingerprint density at radius 2 is 2.00 bits per heavy atom. The Hall–Kier alpha value is 0.120. The first-order valence-electron chi connectivity index (χ1n) is 6.79. The van der Waals surface area contributed by atoms with Crippen LogP contribution in [0.1, 0.15) is 19.3 Å². The first-order valence-corrected chi connectivity index (χ1v) is 8.42. The molecule has 0 aromatic rings. The number of hydrogen-bond acceptors (Lipinski definition) is 5. The molecule has 1 saturated heterocycles. The van der Waals surface area contributed by atoms with Crippen LogP contribution in [0, 0.1) is 0 Å². The van der Waals surface area contributed by atoms with Gasteiger partial charge in [-0.05, 0) is 38.6 Å². The standard InChI is InChI=1S/C13H26N2O2S2/c1-16-9-3-10-17-11-8-15-6-4-13(19-2,5-7-15)12(14)18/h3-11H2,1-2H3,(H2,14,18). The number of nitrogens with zero attached hydrogens (tertiary/aromatic N) is 1. The summed E-state index contributed by atoms with van der Waals surface area (Å²) in [6.45, 7) is 5.45. The topological polar surface area (TPSA) is 47.7 Å². The second kappa shape index (κ2) is 9.13. The molecule has 1 rings (SSSR count). The summed E-state index contributed by atoms with van der Waals surface area (Å²) in [4.78, 5) is 3.10. The van der Waals surface area contributed by atoms with Crippen molar-refractivity contribution in [1.82, 2.24) is 4.90 Å². The number of nitrogens with two attached hydrogens (primary N) is 1. The van der Waals surface area contributed by atoms with Gasteiger partial charge in [-0.1, -0.05) is 12.2 Å². The van der Waals surface area contributed by atoms with E-state index in [0.717, 1.165) is 58.7 Å². The third kappa shape index (κ3) is 5.55. The average molecular weight is 306 g/mol. The van der Waals surface area contributed by atoms with Gasteiger partial charge in [0.2, 0.25) is 0 Å². The maximum atomic E-state index is 5.88. The van der Waals surface area contributed by atoms with Crippen LogP contribution in [0.4, 0.5) is 0 Å². The maximum Gasteiger partial charge on any atom is 0.0891 e. The van der Waals surface area contributed by atoms with Crippen molar-refractivity contribution >= 4 is 29.0 Å². The van der Waals surface area contributed by atoms with E-state index in [0.29, 0.717) is 4.99 Å². The Kier molecular flexibility index (Phi) is 8.25. The van der Waals surface area contributed by atoms with E-state index in [1.54, 1.807) is 18.9 Å². The first-order chi connectivity index (χ1) is 9.14. The smallest absolute Gasteiger partial charge is 0.0891 e. The number of piperidine rings is 1. The monoisotopic (exact) mass is 306 g/mol. The summed E-state index contributed by atoms with van der Waals surface area (Å²) in [5, 5.41) is 0. The van der Waals surface area contributed by atoms with Crippen LogP contribution >= 0.6 is 24.0 Å². The largest absolute Gasteiger partial charge is 0.392 e. The normalized spacial score (nSPS) is 19.5. The molecule has 0 unspecified atom stereocenters. The highest BCUT2D eigenvalue weighted by atomic mass is 32.2. The molecule has 0 amide bonds. The van der Waals surface area contributed by atoms with Crippen molar-refractivity contribution in [3.8, 4) is 0 Å². The lowest BCUT2D eigenvalue weighted by Gasteiger charge is -2.40. The molecule has 0 saturated carbocycles. The van der Waals surface area contributed by atoms with Gasteiger partial charge in [0.25, 0.3) is 0 Å². The number of methoxy groups -OCH3 is 1. The van der Waals surface area contributed by atoms with E-state index >= 15 is 0 Å². The second-order valence-electron chi connectivity index (χ2n) is 4.86. The van der Waals surface area contributed by atoms with Gasteiger partial charge in [0.1, 0.15) is 0 Å². The summed E-state index contributed by atoms with van der Waals surface area (Å²) in [5.41, 5.74) is 5.88. The van der Waals surface area contributed by atoms with Crippen molar-refractivity contribution in [3.63, 3.8) is 0 Å². The third-order valence-electron chi connectivity index (χ3n) is 3.69. The van der Waals surface area contributed by atoms with Gasteiger partial charge in [-0.25, -0.2) is 0 Å². The van der Waals surface area contributed by atoms with Crippen LogP contribution in [0.2, 0.25) is 0 Å². The van der Waals surface area contributed by atoms with Gasteiger partial charge in [-0.3, -0.25) is 0 Å². The summed E-state index contributed by atoms with van der Waals surface area (Å²) in [5.74, 6) is 0. The lowest BCUT2D eigenvalue weighted by atomic mass is 9.95. The lowest BCUT2D eigenvalue weighted by Crippen LogP contribution is -2.49. The number of hydrogen-bond donors (Lipinski definition) is 1. The van der Waals surface area contributed by atoms with Gasteiger partial charge < -0.3 is 20.1 Å². The fourth-order valence-electron chi connectivity index (χ4n) is 2.29. The average Bonchev–Trinajstić information content (AvgIpc) is 2.43. The zero-order valence-corrected chi connectivity index (χ0v) is 13.7. The fraction of sp³-hybridized carbons (Fsp3) is 0.923. The molecular formula is C13H26N2O2S2. The van der Waals surface area contributed by atoms with Gasteiger partial charge in [0.05, 0.1) is 16.3 Å². The molecule has 0 aromatic heterocycles. The molecule has 2 N–H and O–H groups in total. The van der Waals surface area contributed by atoms with Crippen molar-refractivity contribution in [2.75, 3.05) is 52.8 Å². The number of thiocarbonyl (C=S) groups is 1. The molecule has 1 fully saturated rings. The van der Waals surface area contributed by atoms with E-state index in [1.807, 2.05) is 0 Å². The molecule has 1 aliphatic rings. The summed E-state index contributed by atoms with van der Waals surface area (Å²) < 4.78 is 10.6. The molecule has 0 aliphatic carbocycles. The molecule has 6 heteroatoms. The number of rotatable bonds is 9. The number of likely N-dealkylation sites (tertiary alicyclic amines) is 1. The Bertz CT molecular complexity index is 269. The highest BCUT2D eigenvalue weighted by molar-refractivity contribution is 8.02. The Morgan fingerprint density at radius 3 is 2.53 bits per heavy atom. The van der Waals surface area contributed by atoms with Crippen LogP contribution in [-0.4, -0.2) is 67.5 Å². The molecule has 0 bridgehead atoms. The predicted octanol–water partition coefficient (Wildman–Crippen LogP) is 1.52. The zero-order chi connectivity index (χ0) is 14.1. The molecule has 1 heterocycles. The van der Waals surface area contributed by atoms with Crippen LogP contribution in [0.25, 0.3) is 0 Å². The van der Waals surface area contributed by atoms with Gasteiger partial charge in [-0.2, -0.15) is 11.8 Å². The third-order valence-corrected chi connectivity index (χ3v) is 5.62. The molecule has 4 nitrogen and oxygen atoms in total. The van der Waals surface area contributed by atoms with E-state index < -0.39 is 0 Å². The zero-order valence-electron chi connectivity index (χ0n) is 12.0. The second-order valence-corrected chi connectivity index (χ2v) is 6.49. The van der Waals surface area contributed by atoms with Crippen molar-refractivity contribution in [1.29, 1.82) is 0 Å². The summed E-state index contributed by atoms with van der Waals surface area (Å²) in [6.07, 6.45) is 5.17. The van der Waals surface area contributed by atoms with E-state index in [9.17, 15) is 0 Å². The molecule has 19 heavy (non-hydrogen) atoms. The van der Waals surface area contributed by atoms with Crippen LogP contribution in [0.5, 0.6) is 0 Å². The number of thioether (sulfide) groups is 1. The summed E-state index contributed by atoms with van der Waals surface area (Å²) in [7, 11) is 1.72. The highest BCUT2D eigenvalue weighted by Crippen LogP contribution is 2.34. The minimum atomic E-state index is 0.0190. The summed E-state index contributed by atoms with van der Waals surface area (Å²) >= 11 is 7.02. The van der Waals surface area contributed by atoms with E-state index in [1.165, 1.54) is 0 Å². The molecule has 0 radical (unpaired) electrons. The minimum Gasteiger partial charge on any atom is -0.392 e. The van der Waals surface area contributed by atoms with Crippen LogP contribution in [0.3, 0.4) is 0 Å². The van der Waals surface area contributed by atoms with Crippen LogP contribution in [-0.2, 0) is 9.47 Å². The van der Waals surface area contributed by atoms with Crippen LogP contribution < -0.4 is 5.73 Å². The SMILES string of the molecule is COCCCOCCN1CCC(SC)(C(N)=S)CC1. The Labute approximate surface area is 126 Å². The van der Waals surface area contributed by atoms with Gasteiger partial charge in [-0.15, -0.1) is 0 Å². The van der Waals surface area contributed by atoms with E-state index in [4.69, 9.17) is 27.4 Å². The summed E-state index contributed by atoms with van der Waals surface area (Å²) in [6, 6.07) is 0. The number of ether oxygens (including phenoxy) is 2. The Morgan fingerprint density at radius 1 is 1.32 bits per heavy atom. The molecular weight excluding hydrogens is 280 g/mol. The highest BCUT2D eigenvalue weighted by Gasteiger charge is 2.36.